The van der Waals surface area contributed by atoms with Crippen LogP contribution in [0.4, 0.5) is 4.39 Å². The Morgan fingerprint density at radius 2 is 2.08 bits per heavy atom. The second kappa shape index (κ2) is 5.86. The lowest BCUT2D eigenvalue weighted by atomic mass is 10.0. The number of aromatic amines is 1. The third-order valence-corrected chi connectivity index (χ3v) is 4.30. The fraction of sp³-hybridized carbons (Fsp3) is 0.118. The summed E-state index contributed by atoms with van der Waals surface area (Å²) in [6.07, 6.45) is 0.518. The second-order valence-corrected chi connectivity index (χ2v) is 5.86. The van der Waals surface area contributed by atoms with E-state index in [-0.39, 0.29) is 39.7 Å². The molecule has 25 heavy (non-hydrogen) atoms. The Morgan fingerprint density at radius 3 is 2.80 bits per heavy atom. The minimum Gasteiger partial charge on any atom is -0.463 e. The van der Waals surface area contributed by atoms with E-state index in [4.69, 9.17) is 20.8 Å². The molecule has 8 heteroatoms. The van der Waals surface area contributed by atoms with Crippen molar-refractivity contribution >= 4 is 17.6 Å². The van der Waals surface area contributed by atoms with E-state index in [1.54, 1.807) is 18.2 Å². The highest BCUT2D eigenvalue weighted by molar-refractivity contribution is 6.31. The van der Waals surface area contributed by atoms with Crippen LogP contribution in [0.25, 0.3) is 11.5 Å². The van der Waals surface area contributed by atoms with Crippen LogP contribution in [0.15, 0.2) is 45.8 Å². The molecule has 3 heterocycles. The van der Waals surface area contributed by atoms with Crippen LogP contribution in [-0.4, -0.2) is 15.9 Å². The molecule has 2 aromatic heterocycles. The first-order valence-corrected chi connectivity index (χ1v) is 7.74. The van der Waals surface area contributed by atoms with Crippen molar-refractivity contribution < 1.29 is 18.3 Å². The van der Waals surface area contributed by atoms with Gasteiger partial charge in [-0.15, -0.1) is 0 Å². The van der Waals surface area contributed by atoms with Crippen molar-refractivity contribution in [1.82, 2.24) is 9.97 Å². The van der Waals surface area contributed by atoms with Gasteiger partial charge in [0.05, 0.1) is 12.0 Å². The average Bonchev–Trinajstić information content (AvgIpc) is 3.19. The number of benzene rings is 1. The Bertz CT molecular complexity index is 1010. The number of halogens is 2. The second-order valence-electron chi connectivity index (χ2n) is 5.45. The van der Waals surface area contributed by atoms with E-state index < -0.39 is 23.6 Å². The summed E-state index contributed by atoms with van der Waals surface area (Å²) < 4.78 is 24.6. The summed E-state index contributed by atoms with van der Waals surface area (Å²) >= 11 is 6.04. The molecule has 4 rings (SSSR count). The largest absolute Gasteiger partial charge is 0.463 e. The molecule has 0 fully saturated rings. The first kappa shape index (κ1) is 15.6. The summed E-state index contributed by atoms with van der Waals surface area (Å²) in [6.45, 7) is 0. The van der Waals surface area contributed by atoms with Crippen molar-refractivity contribution in [2.24, 2.45) is 0 Å². The van der Waals surface area contributed by atoms with E-state index in [1.165, 1.54) is 18.4 Å². The number of carbonyl (C=O) groups excluding carboxylic acids is 1. The molecule has 6 nitrogen and oxygen atoms in total. The predicted octanol–water partition coefficient (Wildman–Crippen LogP) is 3.28. The lowest BCUT2D eigenvalue weighted by molar-refractivity contribution is 0.0380. The third kappa shape index (κ3) is 2.62. The molecule has 0 bridgehead atoms. The van der Waals surface area contributed by atoms with Crippen molar-refractivity contribution in [2.45, 2.75) is 12.5 Å². The van der Waals surface area contributed by atoms with Crippen LogP contribution < -0.4 is 5.69 Å². The van der Waals surface area contributed by atoms with Crippen LogP contribution >= 0.6 is 11.6 Å². The molecule has 1 aliphatic heterocycles. The van der Waals surface area contributed by atoms with Gasteiger partial charge in [0.2, 0.25) is 0 Å². The SMILES string of the molecule is O=C1OC(Cc2c(F)cccc2Cl)c2[nH]c(=O)nc(-c3ccco3)c21. The van der Waals surface area contributed by atoms with Gasteiger partial charge in [0.25, 0.3) is 0 Å². The monoisotopic (exact) mass is 360 g/mol. The number of furan rings is 1. The minimum atomic E-state index is -0.874. The van der Waals surface area contributed by atoms with Crippen LogP contribution in [0.1, 0.15) is 27.7 Å². The van der Waals surface area contributed by atoms with Gasteiger partial charge in [-0.2, -0.15) is 4.98 Å². The van der Waals surface area contributed by atoms with Crippen molar-refractivity contribution in [3.05, 3.63) is 74.7 Å². The molecule has 1 aliphatic rings. The molecule has 1 aromatic carbocycles. The highest BCUT2D eigenvalue weighted by Gasteiger charge is 2.37. The van der Waals surface area contributed by atoms with Crippen molar-refractivity contribution in [3.8, 4) is 11.5 Å². The van der Waals surface area contributed by atoms with Crippen LogP contribution in [0, 0.1) is 5.82 Å². The molecule has 126 valence electrons. The topological polar surface area (TPSA) is 85.2 Å². The Morgan fingerprint density at radius 1 is 1.24 bits per heavy atom. The first-order chi connectivity index (χ1) is 12.0. The van der Waals surface area contributed by atoms with Crippen molar-refractivity contribution in [1.29, 1.82) is 0 Å². The summed E-state index contributed by atoms with van der Waals surface area (Å²) in [7, 11) is 0. The number of carbonyl (C=O) groups is 1. The Kier molecular flexibility index (Phi) is 3.65. The molecule has 0 saturated heterocycles. The zero-order valence-corrected chi connectivity index (χ0v) is 13.3. The van der Waals surface area contributed by atoms with Gasteiger partial charge in [0.1, 0.15) is 23.2 Å². The van der Waals surface area contributed by atoms with Crippen molar-refractivity contribution in [2.75, 3.05) is 0 Å². The van der Waals surface area contributed by atoms with Crippen LogP contribution in [0.5, 0.6) is 0 Å². The number of H-pyrrole nitrogens is 1. The number of nitrogens with one attached hydrogen (secondary N) is 1. The maximum Gasteiger partial charge on any atom is 0.345 e. The van der Waals surface area contributed by atoms with Crippen LogP contribution in [0.2, 0.25) is 5.02 Å². The summed E-state index contributed by atoms with van der Waals surface area (Å²) in [4.78, 5) is 30.5. The van der Waals surface area contributed by atoms with Gasteiger partial charge in [-0.25, -0.2) is 14.0 Å². The summed E-state index contributed by atoms with van der Waals surface area (Å²) in [5, 5.41) is 0.215. The van der Waals surface area contributed by atoms with Gasteiger partial charge in [-0.05, 0) is 24.3 Å². The van der Waals surface area contributed by atoms with Gasteiger partial charge in [-0.3, -0.25) is 0 Å². The summed E-state index contributed by atoms with van der Waals surface area (Å²) in [6, 6.07) is 7.48. The Hall–Kier alpha value is -2.93. The Labute approximate surface area is 145 Å². The van der Waals surface area contributed by atoms with Crippen LogP contribution in [0.3, 0.4) is 0 Å². The lowest BCUT2D eigenvalue weighted by Gasteiger charge is -2.12. The number of hydrogen-bond acceptors (Lipinski definition) is 5. The fourth-order valence-electron chi connectivity index (χ4n) is 2.83. The smallest absolute Gasteiger partial charge is 0.345 e. The zero-order chi connectivity index (χ0) is 17.6. The summed E-state index contributed by atoms with van der Waals surface area (Å²) in [5.41, 5.74) is -0.0290. The Balaban J connectivity index is 1.82. The van der Waals surface area contributed by atoms with Gasteiger partial charge >= 0.3 is 11.7 Å². The normalized spacial score (nSPS) is 15.9. The number of fused-ring (bicyclic) bond motifs is 1. The first-order valence-electron chi connectivity index (χ1n) is 7.36. The number of aromatic nitrogens is 2. The van der Waals surface area contributed by atoms with Gasteiger partial charge in [0, 0.05) is 17.0 Å². The molecule has 0 spiro atoms. The van der Waals surface area contributed by atoms with Crippen molar-refractivity contribution in [3.63, 3.8) is 0 Å². The van der Waals surface area contributed by atoms with E-state index in [9.17, 15) is 14.0 Å². The molecular formula is C17H10ClFN2O4. The fourth-order valence-corrected chi connectivity index (χ4v) is 3.07. The molecule has 0 radical (unpaired) electrons. The number of ether oxygens (including phenoxy) is 1. The van der Waals surface area contributed by atoms with Gasteiger partial charge < -0.3 is 14.1 Å². The minimum absolute atomic E-state index is 0.0121. The van der Waals surface area contributed by atoms with E-state index >= 15 is 0 Å². The highest BCUT2D eigenvalue weighted by atomic mass is 35.5. The molecule has 1 atom stereocenters. The van der Waals surface area contributed by atoms with E-state index in [0.717, 1.165) is 0 Å². The number of esters is 1. The molecule has 0 saturated carbocycles. The van der Waals surface area contributed by atoms with E-state index in [1.807, 2.05) is 0 Å². The van der Waals surface area contributed by atoms with Gasteiger partial charge in [-0.1, -0.05) is 17.7 Å². The number of cyclic esters (lactones) is 1. The number of nitrogens with zero attached hydrogens (tertiary/aromatic N) is 1. The molecule has 1 N–H and O–H groups in total. The zero-order valence-electron chi connectivity index (χ0n) is 12.6. The average molecular weight is 361 g/mol. The van der Waals surface area contributed by atoms with E-state index in [0.29, 0.717) is 0 Å². The predicted molar refractivity (Wildman–Crippen MR) is 85.8 cm³/mol. The third-order valence-electron chi connectivity index (χ3n) is 3.94. The molecule has 3 aromatic rings. The maximum atomic E-state index is 14.0. The molecule has 0 aliphatic carbocycles. The molecule has 1 unspecified atom stereocenters. The van der Waals surface area contributed by atoms with Gasteiger partial charge in [0.15, 0.2) is 5.76 Å². The summed E-state index contributed by atoms with van der Waals surface area (Å²) in [5.74, 6) is -0.911. The van der Waals surface area contributed by atoms with E-state index in [2.05, 4.69) is 9.97 Å². The highest BCUT2D eigenvalue weighted by Crippen LogP contribution is 2.37. The quantitative estimate of drug-likeness (QED) is 0.724. The van der Waals surface area contributed by atoms with Crippen LogP contribution in [-0.2, 0) is 11.2 Å². The standard InChI is InChI=1S/C17H10ClFN2O4/c18-9-3-1-4-10(19)8(9)7-12-15-13(16(22)25-12)14(20-17(23)21-15)11-5-2-6-24-11/h1-6,12H,7H2,(H,20,21,23). The number of hydrogen-bond donors (Lipinski definition) is 1. The lowest BCUT2D eigenvalue weighted by Crippen LogP contribution is -2.17. The maximum absolute atomic E-state index is 14.0. The number of rotatable bonds is 3. The molecule has 0 amide bonds. The molecular weight excluding hydrogens is 351 g/mol.